The monoisotopic (exact) mass is 431 g/mol. The molecule has 1 saturated heterocycles. The van der Waals surface area contributed by atoms with Crippen LogP contribution in [-0.2, 0) is 9.53 Å². The third kappa shape index (κ3) is 8.92. The van der Waals surface area contributed by atoms with Gasteiger partial charge in [0.25, 0.3) is 5.91 Å². The first-order chi connectivity index (χ1) is 15.2. The second kappa shape index (κ2) is 14.9. The fraction of sp³-hybridized carbons (Fsp3) is 0.692. The number of methoxy groups -OCH3 is 1. The Morgan fingerprint density at radius 1 is 0.903 bits per heavy atom. The van der Waals surface area contributed by atoms with Crippen molar-refractivity contribution in [2.45, 2.75) is 84.0 Å². The van der Waals surface area contributed by atoms with E-state index < -0.39 is 0 Å². The number of carbonyl (C=O) groups excluding carboxylic acids is 2. The number of ether oxygens (including phenoxy) is 2. The highest BCUT2D eigenvalue weighted by atomic mass is 16.5. The molecule has 0 radical (unpaired) electrons. The minimum atomic E-state index is -0.0969. The van der Waals surface area contributed by atoms with Crippen LogP contribution in [0, 0.1) is 5.92 Å². The van der Waals surface area contributed by atoms with Gasteiger partial charge in [0.2, 0.25) is 0 Å². The molecule has 0 saturated carbocycles. The molecule has 0 aliphatic carbocycles. The van der Waals surface area contributed by atoms with Crippen LogP contribution in [0.1, 0.15) is 94.3 Å². The lowest BCUT2D eigenvalue weighted by Crippen LogP contribution is -2.40. The summed E-state index contributed by atoms with van der Waals surface area (Å²) in [4.78, 5) is 26.9. The molecular formula is C26H41NO4. The number of benzene rings is 1. The molecular weight excluding hydrogens is 390 g/mol. The van der Waals surface area contributed by atoms with Gasteiger partial charge in [0.15, 0.2) is 0 Å². The molecule has 1 fully saturated rings. The summed E-state index contributed by atoms with van der Waals surface area (Å²) in [6.07, 6.45) is 14.0. The maximum atomic E-state index is 12.8. The second-order valence-corrected chi connectivity index (χ2v) is 8.62. The van der Waals surface area contributed by atoms with Crippen molar-refractivity contribution in [2.75, 3.05) is 26.8 Å². The van der Waals surface area contributed by atoms with E-state index in [2.05, 4.69) is 6.92 Å². The van der Waals surface area contributed by atoms with Gasteiger partial charge in [0.05, 0.1) is 25.2 Å². The molecule has 1 aromatic carbocycles. The van der Waals surface area contributed by atoms with Crippen molar-refractivity contribution in [3.05, 3.63) is 29.8 Å². The fourth-order valence-electron chi connectivity index (χ4n) is 4.19. The summed E-state index contributed by atoms with van der Waals surface area (Å²) in [5, 5.41) is 0. The quantitative estimate of drug-likeness (QED) is 0.267. The van der Waals surface area contributed by atoms with Crippen molar-refractivity contribution in [3.8, 4) is 5.75 Å². The van der Waals surface area contributed by atoms with E-state index >= 15 is 0 Å². The van der Waals surface area contributed by atoms with Crippen molar-refractivity contribution >= 4 is 11.9 Å². The number of para-hydroxylation sites is 1. The molecule has 1 aromatic rings. The largest absolute Gasteiger partial charge is 0.496 e. The highest BCUT2D eigenvalue weighted by Gasteiger charge is 2.29. The Morgan fingerprint density at radius 2 is 1.48 bits per heavy atom. The zero-order chi connectivity index (χ0) is 22.3. The zero-order valence-electron chi connectivity index (χ0n) is 19.6. The van der Waals surface area contributed by atoms with E-state index in [0.29, 0.717) is 43.9 Å². The third-order valence-electron chi connectivity index (χ3n) is 6.20. The summed E-state index contributed by atoms with van der Waals surface area (Å²) in [7, 11) is 1.57. The average Bonchev–Trinajstić information content (AvgIpc) is 2.82. The lowest BCUT2D eigenvalue weighted by molar-refractivity contribution is -0.150. The van der Waals surface area contributed by atoms with Gasteiger partial charge in [-0.1, -0.05) is 76.8 Å². The summed E-state index contributed by atoms with van der Waals surface area (Å²) >= 11 is 0. The van der Waals surface area contributed by atoms with Crippen LogP contribution in [0.2, 0.25) is 0 Å². The molecule has 0 atom stereocenters. The number of hydrogen-bond acceptors (Lipinski definition) is 4. The Labute approximate surface area is 188 Å². The molecule has 31 heavy (non-hydrogen) atoms. The lowest BCUT2D eigenvalue weighted by Gasteiger charge is -2.31. The Kier molecular flexibility index (Phi) is 12.1. The normalized spacial score (nSPS) is 14.5. The summed E-state index contributed by atoms with van der Waals surface area (Å²) in [5.74, 6) is 0.366. The molecule has 0 aromatic heterocycles. The Bertz CT molecular complexity index is 653. The van der Waals surface area contributed by atoms with Gasteiger partial charge >= 0.3 is 5.97 Å². The summed E-state index contributed by atoms with van der Waals surface area (Å²) in [5.41, 5.74) is 0.576. The first-order valence-electron chi connectivity index (χ1n) is 12.3. The van der Waals surface area contributed by atoms with E-state index in [-0.39, 0.29) is 17.8 Å². The van der Waals surface area contributed by atoms with Crippen molar-refractivity contribution in [1.82, 2.24) is 4.90 Å². The third-order valence-corrected chi connectivity index (χ3v) is 6.20. The highest BCUT2D eigenvalue weighted by molar-refractivity contribution is 5.97. The zero-order valence-corrected chi connectivity index (χ0v) is 19.6. The van der Waals surface area contributed by atoms with Gasteiger partial charge in [-0.3, -0.25) is 9.59 Å². The summed E-state index contributed by atoms with van der Waals surface area (Å²) in [6, 6.07) is 7.28. The molecule has 1 heterocycles. The molecule has 1 aliphatic heterocycles. The van der Waals surface area contributed by atoms with Crippen molar-refractivity contribution in [1.29, 1.82) is 0 Å². The number of rotatable bonds is 14. The predicted octanol–water partition coefficient (Wildman–Crippen LogP) is 6.01. The van der Waals surface area contributed by atoms with E-state index in [1.54, 1.807) is 19.2 Å². The first-order valence-corrected chi connectivity index (χ1v) is 12.3. The molecule has 1 amide bonds. The van der Waals surface area contributed by atoms with Crippen molar-refractivity contribution < 1.29 is 19.1 Å². The highest BCUT2D eigenvalue weighted by Crippen LogP contribution is 2.24. The van der Waals surface area contributed by atoms with Crippen LogP contribution < -0.4 is 4.74 Å². The van der Waals surface area contributed by atoms with Crippen LogP contribution in [0.25, 0.3) is 0 Å². The number of esters is 1. The van der Waals surface area contributed by atoms with Gasteiger partial charge in [-0.2, -0.15) is 0 Å². The summed E-state index contributed by atoms with van der Waals surface area (Å²) < 4.78 is 10.8. The van der Waals surface area contributed by atoms with E-state index in [9.17, 15) is 9.59 Å². The lowest BCUT2D eigenvalue weighted by atomic mass is 9.96. The van der Waals surface area contributed by atoms with Crippen molar-refractivity contribution in [3.63, 3.8) is 0 Å². The number of hydrogen-bond donors (Lipinski definition) is 0. The van der Waals surface area contributed by atoms with Gasteiger partial charge in [0, 0.05) is 13.1 Å². The number of carbonyl (C=O) groups is 2. The Morgan fingerprint density at radius 3 is 2.10 bits per heavy atom. The summed E-state index contributed by atoms with van der Waals surface area (Å²) in [6.45, 7) is 3.93. The molecule has 0 spiro atoms. The van der Waals surface area contributed by atoms with Crippen LogP contribution in [0.4, 0.5) is 0 Å². The van der Waals surface area contributed by atoms with E-state index in [0.717, 1.165) is 12.8 Å². The second-order valence-electron chi connectivity index (χ2n) is 8.62. The van der Waals surface area contributed by atoms with Crippen LogP contribution in [0.5, 0.6) is 5.75 Å². The number of amides is 1. The molecule has 1 aliphatic rings. The van der Waals surface area contributed by atoms with Crippen molar-refractivity contribution in [2.24, 2.45) is 5.92 Å². The number of nitrogens with zero attached hydrogens (tertiary/aromatic N) is 1. The van der Waals surface area contributed by atoms with E-state index in [1.807, 2.05) is 17.0 Å². The molecule has 174 valence electrons. The minimum Gasteiger partial charge on any atom is -0.496 e. The van der Waals surface area contributed by atoms with E-state index in [4.69, 9.17) is 9.47 Å². The molecule has 0 N–H and O–H groups in total. The fourth-order valence-corrected chi connectivity index (χ4v) is 4.19. The minimum absolute atomic E-state index is 0.0327. The molecule has 0 bridgehead atoms. The first kappa shape index (κ1) is 25.2. The Hall–Kier alpha value is -2.04. The van der Waals surface area contributed by atoms with Gasteiger partial charge in [-0.15, -0.1) is 0 Å². The molecule has 5 nitrogen and oxygen atoms in total. The molecule has 5 heteroatoms. The topological polar surface area (TPSA) is 55.8 Å². The van der Waals surface area contributed by atoms with Crippen LogP contribution >= 0.6 is 0 Å². The SMILES string of the molecule is CCCCCCCCCCCCOC(=O)C1CCN(C(=O)c2ccccc2OC)CC1. The number of piperidine rings is 1. The van der Waals surface area contributed by atoms with Gasteiger partial charge in [-0.05, 0) is 31.4 Å². The van der Waals surface area contributed by atoms with E-state index in [1.165, 1.54) is 51.4 Å². The number of unbranched alkanes of at least 4 members (excludes halogenated alkanes) is 9. The molecule has 0 unspecified atom stereocenters. The smallest absolute Gasteiger partial charge is 0.309 e. The number of likely N-dealkylation sites (tertiary alicyclic amines) is 1. The van der Waals surface area contributed by atoms with Gasteiger partial charge < -0.3 is 14.4 Å². The van der Waals surface area contributed by atoms with Gasteiger partial charge in [-0.25, -0.2) is 0 Å². The van der Waals surface area contributed by atoms with Crippen LogP contribution in [0.3, 0.4) is 0 Å². The Balaban J connectivity index is 1.55. The average molecular weight is 432 g/mol. The van der Waals surface area contributed by atoms with Crippen LogP contribution in [0.15, 0.2) is 24.3 Å². The maximum Gasteiger partial charge on any atom is 0.309 e. The van der Waals surface area contributed by atoms with Gasteiger partial charge in [0.1, 0.15) is 5.75 Å². The molecule has 2 rings (SSSR count). The standard InChI is InChI=1S/C26H41NO4/c1-3-4-5-6-7-8-9-10-11-14-21-31-26(29)22-17-19-27(20-18-22)25(28)23-15-12-13-16-24(23)30-2/h12-13,15-16,22H,3-11,14,17-21H2,1-2H3. The predicted molar refractivity (Wildman–Crippen MR) is 124 cm³/mol. The maximum absolute atomic E-state index is 12.8. The van der Waals surface area contributed by atoms with Crippen LogP contribution in [-0.4, -0.2) is 43.6 Å².